The van der Waals surface area contributed by atoms with E-state index in [1.54, 1.807) is 0 Å². The quantitative estimate of drug-likeness (QED) is 0.802. The smallest absolute Gasteiger partial charge is 0.141 e. The van der Waals surface area contributed by atoms with Crippen molar-refractivity contribution in [3.63, 3.8) is 0 Å². The highest BCUT2D eigenvalue weighted by atomic mass is 35.5. The Balaban J connectivity index is 2.26. The second-order valence-corrected chi connectivity index (χ2v) is 6.65. The summed E-state index contributed by atoms with van der Waals surface area (Å²) in [5.41, 5.74) is 8.34. The van der Waals surface area contributed by atoms with Crippen LogP contribution in [0.15, 0.2) is 12.1 Å². The maximum Gasteiger partial charge on any atom is 0.141 e. The minimum absolute atomic E-state index is 0.147. The van der Waals surface area contributed by atoms with Crippen molar-refractivity contribution >= 4 is 11.6 Å². The Kier molecular flexibility index (Phi) is 5.34. The summed E-state index contributed by atoms with van der Waals surface area (Å²) in [6.45, 7) is 7.25. The molecule has 1 fully saturated rings. The number of nitrogens with two attached hydrogens (primary N) is 1. The van der Waals surface area contributed by atoms with E-state index in [2.05, 4.69) is 19.9 Å². The second kappa shape index (κ2) is 6.82. The SMILES string of the molecule is CCC(C)c1cc(CC(C)N)cc(Cl)c1OCC1CC1. The molecule has 1 aromatic rings. The third-order valence-corrected chi connectivity index (χ3v) is 4.27. The largest absolute Gasteiger partial charge is 0.491 e. The second-order valence-electron chi connectivity index (χ2n) is 6.24. The van der Waals surface area contributed by atoms with Crippen molar-refractivity contribution in [2.75, 3.05) is 6.61 Å². The summed E-state index contributed by atoms with van der Waals surface area (Å²) in [5, 5.41) is 0.735. The summed E-state index contributed by atoms with van der Waals surface area (Å²) in [4.78, 5) is 0. The summed E-state index contributed by atoms with van der Waals surface area (Å²) in [6, 6.07) is 4.39. The molecule has 0 heterocycles. The number of benzene rings is 1. The van der Waals surface area contributed by atoms with E-state index in [0.717, 1.165) is 36.1 Å². The first kappa shape index (κ1) is 15.7. The van der Waals surface area contributed by atoms with Crippen LogP contribution in [0.25, 0.3) is 0 Å². The standard InChI is InChI=1S/C17H26ClNO/c1-4-11(2)15-8-14(7-12(3)19)9-16(18)17(15)20-10-13-5-6-13/h8-9,11-13H,4-7,10,19H2,1-3H3. The molecule has 0 spiro atoms. The zero-order chi connectivity index (χ0) is 14.7. The Labute approximate surface area is 127 Å². The molecule has 1 saturated carbocycles. The molecule has 112 valence electrons. The monoisotopic (exact) mass is 295 g/mol. The average Bonchev–Trinajstić information content (AvgIpc) is 3.19. The van der Waals surface area contributed by atoms with E-state index in [1.807, 2.05) is 13.0 Å². The highest BCUT2D eigenvalue weighted by Crippen LogP contribution is 2.38. The lowest BCUT2D eigenvalue weighted by molar-refractivity contribution is 0.295. The molecule has 3 heteroatoms. The first-order chi connectivity index (χ1) is 9.51. The van der Waals surface area contributed by atoms with Crippen LogP contribution in [0.2, 0.25) is 5.02 Å². The van der Waals surface area contributed by atoms with Gasteiger partial charge in [-0.2, -0.15) is 0 Å². The molecule has 0 amide bonds. The van der Waals surface area contributed by atoms with Gasteiger partial charge in [-0.25, -0.2) is 0 Å². The number of halogens is 1. The summed E-state index contributed by atoms with van der Waals surface area (Å²) in [5.74, 6) is 2.08. The molecule has 2 unspecified atom stereocenters. The number of hydrogen-bond acceptors (Lipinski definition) is 2. The Morgan fingerprint density at radius 2 is 2.05 bits per heavy atom. The predicted molar refractivity (Wildman–Crippen MR) is 85.7 cm³/mol. The van der Waals surface area contributed by atoms with Crippen molar-refractivity contribution in [1.29, 1.82) is 0 Å². The maximum absolute atomic E-state index is 6.46. The van der Waals surface area contributed by atoms with Gasteiger partial charge in [0.2, 0.25) is 0 Å². The van der Waals surface area contributed by atoms with Crippen molar-refractivity contribution in [3.8, 4) is 5.75 Å². The first-order valence-corrected chi connectivity index (χ1v) is 8.09. The lowest BCUT2D eigenvalue weighted by Crippen LogP contribution is -2.18. The topological polar surface area (TPSA) is 35.2 Å². The fourth-order valence-electron chi connectivity index (χ4n) is 2.39. The molecule has 1 aliphatic carbocycles. The molecule has 0 radical (unpaired) electrons. The highest BCUT2D eigenvalue weighted by molar-refractivity contribution is 6.32. The molecule has 0 aromatic heterocycles. The molecule has 0 saturated heterocycles. The lowest BCUT2D eigenvalue weighted by atomic mass is 9.94. The van der Waals surface area contributed by atoms with Crippen molar-refractivity contribution in [3.05, 3.63) is 28.3 Å². The Morgan fingerprint density at radius 3 is 2.60 bits per heavy atom. The van der Waals surface area contributed by atoms with Gasteiger partial charge in [0.1, 0.15) is 5.75 Å². The molecule has 20 heavy (non-hydrogen) atoms. The van der Waals surface area contributed by atoms with Crippen LogP contribution >= 0.6 is 11.6 Å². The predicted octanol–water partition coefficient (Wildman–Crippen LogP) is 4.53. The molecule has 1 aliphatic rings. The molecule has 2 N–H and O–H groups in total. The van der Waals surface area contributed by atoms with Crippen molar-refractivity contribution in [2.45, 2.75) is 58.4 Å². The molecule has 2 atom stereocenters. The van der Waals surface area contributed by atoms with Gasteiger partial charge in [0.05, 0.1) is 11.6 Å². The van der Waals surface area contributed by atoms with Gasteiger partial charge in [0.25, 0.3) is 0 Å². The van der Waals surface area contributed by atoms with Crippen LogP contribution in [0, 0.1) is 5.92 Å². The molecular formula is C17H26ClNO. The normalized spacial score (nSPS) is 17.9. The van der Waals surface area contributed by atoms with Gasteiger partial charge < -0.3 is 10.5 Å². The van der Waals surface area contributed by atoms with Gasteiger partial charge >= 0.3 is 0 Å². The van der Waals surface area contributed by atoms with Crippen LogP contribution in [0.5, 0.6) is 5.75 Å². The van der Waals surface area contributed by atoms with Crippen LogP contribution in [0.1, 0.15) is 57.1 Å². The number of rotatable bonds is 7. The van der Waals surface area contributed by atoms with E-state index < -0.39 is 0 Å². The van der Waals surface area contributed by atoms with E-state index in [1.165, 1.54) is 24.0 Å². The van der Waals surface area contributed by atoms with Crippen molar-refractivity contribution in [2.24, 2.45) is 11.7 Å². The van der Waals surface area contributed by atoms with Crippen LogP contribution in [0.3, 0.4) is 0 Å². The zero-order valence-electron chi connectivity index (χ0n) is 12.8. The summed E-state index contributed by atoms with van der Waals surface area (Å²) >= 11 is 6.46. The van der Waals surface area contributed by atoms with Gasteiger partial charge in [-0.1, -0.05) is 31.5 Å². The van der Waals surface area contributed by atoms with Crippen molar-refractivity contribution < 1.29 is 4.74 Å². The maximum atomic E-state index is 6.46. The average molecular weight is 296 g/mol. The van der Waals surface area contributed by atoms with Crippen LogP contribution in [0.4, 0.5) is 0 Å². The fourth-order valence-corrected chi connectivity index (χ4v) is 2.69. The van der Waals surface area contributed by atoms with Gasteiger partial charge in [-0.3, -0.25) is 0 Å². The van der Waals surface area contributed by atoms with Gasteiger partial charge in [-0.15, -0.1) is 0 Å². The van der Waals surface area contributed by atoms with E-state index in [-0.39, 0.29) is 6.04 Å². The fraction of sp³-hybridized carbons (Fsp3) is 0.647. The highest BCUT2D eigenvalue weighted by Gasteiger charge is 2.24. The number of hydrogen-bond donors (Lipinski definition) is 1. The van der Waals surface area contributed by atoms with Crippen LogP contribution < -0.4 is 10.5 Å². The molecule has 2 nitrogen and oxygen atoms in total. The zero-order valence-corrected chi connectivity index (χ0v) is 13.5. The minimum atomic E-state index is 0.147. The van der Waals surface area contributed by atoms with Gasteiger partial charge in [0, 0.05) is 6.04 Å². The summed E-state index contributed by atoms with van der Waals surface area (Å²) in [6.07, 6.45) is 4.52. The number of ether oxygens (including phenoxy) is 1. The van der Waals surface area contributed by atoms with Crippen LogP contribution in [-0.2, 0) is 6.42 Å². The molecule has 0 aliphatic heterocycles. The minimum Gasteiger partial charge on any atom is -0.491 e. The summed E-state index contributed by atoms with van der Waals surface area (Å²) < 4.78 is 6.01. The van der Waals surface area contributed by atoms with Crippen molar-refractivity contribution in [1.82, 2.24) is 0 Å². The van der Waals surface area contributed by atoms with E-state index in [0.29, 0.717) is 5.92 Å². The van der Waals surface area contributed by atoms with Crippen LogP contribution in [-0.4, -0.2) is 12.6 Å². The Morgan fingerprint density at radius 1 is 1.35 bits per heavy atom. The summed E-state index contributed by atoms with van der Waals surface area (Å²) in [7, 11) is 0. The lowest BCUT2D eigenvalue weighted by Gasteiger charge is -2.19. The molecular weight excluding hydrogens is 270 g/mol. The first-order valence-electron chi connectivity index (χ1n) is 7.72. The molecule has 1 aromatic carbocycles. The van der Waals surface area contributed by atoms with E-state index in [9.17, 15) is 0 Å². The third kappa shape index (κ3) is 4.13. The van der Waals surface area contributed by atoms with E-state index >= 15 is 0 Å². The van der Waals surface area contributed by atoms with E-state index in [4.69, 9.17) is 22.1 Å². The Hall–Kier alpha value is -0.730. The van der Waals surface area contributed by atoms with Gasteiger partial charge in [0.15, 0.2) is 0 Å². The van der Waals surface area contributed by atoms with Gasteiger partial charge in [-0.05, 0) is 61.6 Å². The third-order valence-electron chi connectivity index (χ3n) is 3.99. The molecule has 2 rings (SSSR count). The Bertz CT molecular complexity index is 455. The molecule has 0 bridgehead atoms.